The highest BCUT2D eigenvalue weighted by molar-refractivity contribution is 5.47. The van der Waals surface area contributed by atoms with Crippen molar-refractivity contribution in [3.63, 3.8) is 0 Å². The zero-order chi connectivity index (χ0) is 13.1. The third-order valence-electron chi connectivity index (χ3n) is 3.95. The lowest BCUT2D eigenvalue weighted by molar-refractivity contribution is 0.221. The minimum atomic E-state index is 0.482. The van der Waals surface area contributed by atoms with Gasteiger partial charge >= 0.3 is 0 Å². The SMILES string of the molecule is CN1CCN(c2ccccc2)CC1c1ccccc1. The lowest BCUT2D eigenvalue weighted by Crippen LogP contribution is -2.46. The average molecular weight is 252 g/mol. The molecule has 1 fully saturated rings. The predicted molar refractivity (Wildman–Crippen MR) is 80.5 cm³/mol. The van der Waals surface area contributed by atoms with Gasteiger partial charge in [-0.25, -0.2) is 0 Å². The molecular formula is C17H20N2. The van der Waals surface area contributed by atoms with Gasteiger partial charge in [0, 0.05) is 25.3 Å². The molecule has 0 radical (unpaired) electrons. The summed E-state index contributed by atoms with van der Waals surface area (Å²) in [6, 6.07) is 22.0. The van der Waals surface area contributed by atoms with Gasteiger partial charge in [-0.05, 0) is 24.7 Å². The van der Waals surface area contributed by atoms with Crippen LogP contribution in [0.4, 0.5) is 5.69 Å². The molecule has 2 heteroatoms. The van der Waals surface area contributed by atoms with Gasteiger partial charge in [-0.1, -0.05) is 48.5 Å². The van der Waals surface area contributed by atoms with Crippen LogP contribution in [0.25, 0.3) is 0 Å². The summed E-state index contributed by atoms with van der Waals surface area (Å²) >= 11 is 0. The Bertz CT molecular complexity index is 509. The highest BCUT2D eigenvalue weighted by Gasteiger charge is 2.25. The van der Waals surface area contributed by atoms with Crippen LogP contribution in [0.2, 0.25) is 0 Å². The standard InChI is InChI=1S/C17H20N2/c1-18-12-13-19(16-10-6-3-7-11-16)14-17(18)15-8-4-2-5-9-15/h2-11,17H,12-14H2,1H3. The number of likely N-dealkylation sites (N-methyl/N-ethyl adjacent to an activating group) is 1. The number of para-hydroxylation sites is 1. The van der Waals surface area contributed by atoms with Crippen molar-refractivity contribution in [2.45, 2.75) is 6.04 Å². The summed E-state index contributed by atoms with van der Waals surface area (Å²) in [7, 11) is 2.22. The molecule has 98 valence electrons. The number of nitrogens with zero attached hydrogens (tertiary/aromatic N) is 2. The van der Waals surface area contributed by atoms with E-state index in [0.717, 1.165) is 19.6 Å². The summed E-state index contributed by atoms with van der Waals surface area (Å²) in [4.78, 5) is 4.94. The van der Waals surface area contributed by atoms with Gasteiger partial charge in [0.05, 0.1) is 6.04 Å². The summed E-state index contributed by atoms with van der Waals surface area (Å²) in [5, 5.41) is 0. The molecule has 0 aromatic heterocycles. The number of hydrogen-bond donors (Lipinski definition) is 0. The van der Waals surface area contributed by atoms with Crippen LogP contribution in [-0.4, -0.2) is 31.6 Å². The molecule has 0 N–H and O–H groups in total. The number of piperazine rings is 1. The minimum absolute atomic E-state index is 0.482. The molecule has 2 aromatic carbocycles. The van der Waals surface area contributed by atoms with Crippen molar-refractivity contribution >= 4 is 5.69 Å². The Balaban J connectivity index is 1.82. The molecule has 0 bridgehead atoms. The van der Waals surface area contributed by atoms with E-state index in [1.54, 1.807) is 0 Å². The molecule has 1 heterocycles. The van der Waals surface area contributed by atoms with Gasteiger partial charge in [-0.15, -0.1) is 0 Å². The van der Waals surface area contributed by atoms with Gasteiger partial charge in [0.15, 0.2) is 0 Å². The third-order valence-corrected chi connectivity index (χ3v) is 3.95. The highest BCUT2D eigenvalue weighted by Crippen LogP contribution is 2.26. The van der Waals surface area contributed by atoms with Gasteiger partial charge in [0.1, 0.15) is 0 Å². The second-order valence-corrected chi connectivity index (χ2v) is 5.19. The maximum absolute atomic E-state index is 2.48. The largest absolute Gasteiger partial charge is 0.368 e. The smallest absolute Gasteiger partial charge is 0.0521 e. The highest BCUT2D eigenvalue weighted by atomic mass is 15.3. The van der Waals surface area contributed by atoms with Crippen LogP contribution in [0.1, 0.15) is 11.6 Å². The van der Waals surface area contributed by atoms with Crippen molar-refractivity contribution < 1.29 is 0 Å². The maximum Gasteiger partial charge on any atom is 0.0521 e. The van der Waals surface area contributed by atoms with Gasteiger partial charge in [0.2, 0.25) is 0 Å². The Morgan fingerprint density at radius 1 is 0.842 bits per heavy atom. The number of rotatable bonds is 2. The predicted octanol–water partition coefficient (Wildman–Crippen LogP) is 3.18. The summed E-state index contributed by atoms with van der Waals surface area (Å²) in [5.41, 5.74) is 2.74. The van der Waals surface area contributed by atoms with Crippen LogP contribution in [-0.2, 0) is 0 Å². The quantitative estimate of drug-likeness (QED) is 0.810. The molecule has 0 amide bonds. The van der Waals surface area contributed by atoms with Gasteiger partial charge in [0.25, 0.3) is 0 Å². The lowest BCUT2D eigenvalue weighted by Gasteiger charge is -2.41. The molecule has 1 atom stereocenters. The van der Waals surface area contributed by atoms with Crippen molar-refractivity contribution in [2.75, 3.05) is 31.6 Å². The molecule has 0 aliphatic carbocycles. The van der Waals surface area contributed by atoms with Crippen molar-refractivity contribution in [3.8, 4) is 0 Å². The van der Waals surface area contributed by atoms with Crippen LogP contribution in [0.3, 0.4) is 0 Å². The molecule has 19 heavy (non-hydrogen) atoms. The summed E-state index contributed by atoms with van der Waals surface area (Å²) in [6.07, 6.45) is 0. The van der Waals surface area contributed by atoms with Gasteiger partial charge in [-0.2, -0.15) is 0 Å². The van der Waals surface area contributed by atoms with Crippen LogP contribution in [0.5, 0.6) is 0 Å². The fraction of sp³-hybridized carbons (Fsp3) is 0.294. The number of anilines is 1. The van der Waals surface area contributed by atoms with Crippen LogP contribution < -0.4 is 4.90 Å². The fourth-order valence-electron chi connectivity index (χ4n) is 2.78. The first-order valence-corrected chi connectivity index (χ1v) is 6.90. The second kappa shape index (κ2) is 5.45. The first-order chi connectivity index (χ1) is 9.34. The molecule has 1 saturated heterocycles. The Labute approximate surface area is 115 Å². The maximum atomic E-state index is 2.48. The van der Waals surface area contributed by atoms with Crippen LogP contribution in [0.15, 0.2) is 60.7 Å². The van der Waals surface area contributed by atoms with Crippen molar-refractivity contribution in [3.05, 3.63) is 66.2 Å². The van der Waals surface area contributed by atoms with Crippen molar-refractivity contribution in [1.29, 1.82) is 0 Å². The normalized spacial score (nSPS) is 20.5. The van der Waals surface area contributed by atoms with Crippen molar-refractivity contribution in [1.82, 2.24) is 4.90 Å². The Hall–Kier alpha value is -1.80. The summed E-state index contributed by atoms with van der Waals surface area (Å²) < 4.78 is 0. The Kier molecular flexibility index (Phi) is 3.51. The van der Waals surface area contributed by atoms with Crippen LogP contribution in [0, 0.1) is 0 Å². The van der Waals surface area contributed by atoms with E-state index in [1.807, 2.05) is 0 Å². The zero-order valence-electron chi connectivity index (χ0n) is 11.4. The lowest BCUT2D eigenvalue weighted by atomic mass is 10.0. The molecule has 0 saturated carbocycles. The van der Waals surface area contributed by atoms with E-state index < -0.39 is 0 Å². The molecule has 1 unspecified atom stereocenters. The first-order valence-electron chi connectivity index (χ1n) is 6.90. The second-order valence-electron chi connectivity index (χ2n) is 5.19. The van der Waals surface area contributed by atoms with E-state index in [2.05, 4.69) is 77.5 Å². The third kappa shape index (κ3) is 2.64. The van der Waals surface area contributed by atoms with E-state index in [4.69, 9.17) is 0 Å². The topological polar surface area (TPSA) is 6.48 Å². The molecule has 1 aliphatic rings. The molecule has 3 rings (SSSR count). The summed E-state index contributed by atoms with van der Waals surface area (Å²) in [6.45, 7) is 3.27. The first kappa shape index (κ1) is 12.2. The van der Waals surface area contributed by atoms with E-state index >= 15 is 0 Å². The molecule has 2 nitrogen and oxygen atoms in total. The van der Waals surface area contributed by atoms with Gasteiger partial charge < -0.3 is 4.90 Å². The van der Waals surface area contributed by atoms with Crippen LogP contribution >= 0.6 is 0 Å². The van der Waals surface area contributed by atoms with E-state index in [1.165, 1.54) is 11.3 Å². The zero-order valence-corrected chi connectivity index (χ0v) is 11.4. The van der Waals surface area contributed by atoms with E-state index in [0.29, 0.717) is 6.04 Å². The Morgan fingerprint density at radius 3 is 2.16 bits per heavy atom. The number of hydrogen-bond acceptors (Lipinski definition) is 2. The van der Waals surface area contributed by atoms with Crippen molar-refractivity contribution in [2.24, 2.45) is 0 Å². The summed E-state index contributed by atoms with van der Waals surface area (Å²) in [5.74, 6) is 0. The number of benzene rings is 2. The molecular weight excluding hydrogens is 232 g/mol. The average Bonchev–Trinajstić information content (AvgIpc) is 2.49. The molecule has 1 aliphatic heterocycles. The fourth-order valence-corrected chi connectivity index (χ4v) is 2.78. The monoisotopic (exact) mass is 252 g/mol. The van der Waals surface area contributed by atoms with E-state index in [-0.39, 0.29) is 0 Å². The minimum Gasteiger partial charge on any atom is -0.368 e. The molecule has 0 spiro atoms. The van der Waals surface area contributed by atoms with Gasteiger partial charge in [-0.3, -0.25) is 4.90 Å². The van der Waals surface area contributed by atoms with E-state index in [9.17, 15) is 0 Å². The Morgan fingerprint density at radius 2 is 1.47 bits per heavy atom. The molecule has 2 aromatic rings.